The van der Waals surface area contributed by atoms with E-state index in [1.165, 1.54) is 11.8 Å². The van der Waals surface area contributed by atoms with Crippen LogP contribution in [-0.4, -0.2) is 40.6 Å². The SMILES string of the molecule is COc1ccc(NC(=O)CSc2nnc(C(C)Oc3ccccc3OC)n2C(C)C)cc1. The van der Waals surface area contributed by atoms with Crippen LogP contribution in [0.15, 0.2) is 53.7 Å². The fraction of sp³-hybridized carbons (Fsp3) is 0.348. The van der Waals surface area contributed by atoms with Gasteiger partial charge in [-0.05, 0) is 57.2 Å². The number of thioether (sulfide) groups is 1. The van der Waals surface area contributed by atoms with Gasteiger partial charge in [0.15, 0.2) is 28.6 Å². The average molecular weight is 457 g/mol. The fourth-order valence-electron chi connectivity index (χ4n) is 3.11. The summed E-state index contributed by atoms with van der Waals surface area (Å²) in [6.07, 6.45) is -0.358. The third-order valence-electron chi connectivity index (χ3n) is 4.65. The minimum atomic E-state index is -0.358. The van der Waals surface area contributed by atoms with Crippen molar-refractivity contribution in [2.75, 3.05) is 25.3 Å². The molecule has 8 nitrogen and oxygen atoms in total. The molecular weight excluding hydrogens is 428 g/mol. The molecule has 32 heavy (non-hydrogen) atoms. The predicted octanol–water partition coefficient (Wildman–Crippen LogP) is 4.75. The first-order valence-electron chi connectivity index (χ1n) is 10.2. The van der Waals surface area contributed by atoms with Gasteiger partial charge in [-0.3, -0.25) is 4.79 Å². The van der Waals surface area contributed by atoms with Gasteiger partial charge in [0.25, 0.3) is 0 Å². The Labute approximate surface area is 192 Å². The lowest BCUT2D eigenvalue weighted by Gasteiger charge is -2.19. The number of amides is 1. The summed E-state index contributed by atoms with van der Waals surface area (Å²) in [6.45, 7) is 6.01. The molecule has 3 rings (SSSR count). The molecule has 0 aliphatic carbocycles. The smallest absolute Gasteiger partial charge is 0.234 e. The number of benzene rings is 2. The van der Waals surface area contributed by atoms with E-state index in [9.17, 15) is 4.79 Å². The highest BCUT2D eigenvalue weighted by Crippen LogP contribution is 2.32. The van der Waals surface area contributed by atoms with Gasteiger partial charge >= 0.3 is 0 Å². The van der Waals surface area contributed by atoms with Crippen LogP contribution in [0.5, 0.6) is 17.2 Å². The van der Waals surface area contributed by atoms with Crippen molar-refractivity contribution in [2.24, 2.45) is 0 Å². The highest BCUT2D eigenvalue weighted by Gasteiger charge is 2.23. The Hall–Kier alpha value is -3.20. The highest BCUT2D eigenvalue weighted by atomic mass is 32.2. The summed E-state index contributed by atoms with van der Waals surface area (Å²) >= 11 is 1.33. The van der Waals surface area contributed by atoms with Crippen molar-refractivity contribution in [1.29, 1.82) is 0 Å². The van der Waals surface area contributed by atoms with Crippen LogP contribution in [-0.2, 0) is 4.79 Å². The summed E-state index contributed by atoms with van der Waals surface area (Å²) in [5.74, 6) is 2.79. The van der Waals surface area contributed by atoms with Crippen LogP contribution in [0.4, 0.5) is 5.69 Å². The number of anilines is 1. The summed E-state index contributed by atoms with van der Waals surface area (Å²) < 4.78 is 18.6. The van der Waals surface area contributed by atoms with Crippen LogP contribution < -0.4 is 19.5 Å². The van der Waals surface area contributed by atoms with Gasteiger partial charge in [0.05, 0.1) is 20.0 Å². The molecule has 2 aromatic carbocycles. The predicted molar refractivity (Wildman–Crippen MR) is 125 cm³/mol. The van der Waals surface area contributed by atoms with Crippen molar-refractivity contribution < 1.29 is 19.0 Å². The van der Waals surface area contributed by atoms with Crippen LogP contribution in [0.2, 0.25) is 0 Å². The Morgan fingerprint density at radius 1 is 1.00 bits per heavy atom. The van der Waals surface area contributed by atoms with Crippen LogP contribution in [0.25, 0.3) is 0 Å². The molecule has 1 aromatic heterocycles. The standard InChI is InChI=1S/C23H28N4O4S/c1-15(2)27-22(16(3)31-20-9-7-6-8-19(20)30-5)25-26-23(27)32-14-21(28)24-17-10-12-18(29-4)13-11-17/h6-13,15-16H,14H2,1-5H3,(H,24,28). The second kappa shape index (κ2) is 10.9. The molecule has 3 aromatic rings. The van der Waals surface area contributed by atoms with Crippen molar-refractivity contribution in [3.63, 3.8) is 0 Å². The van der Waals surface area contributed by atoms with E-state index in [1.807, 2.05) is 49.6 Å². The third kappa shape index (κ3) is 5.73. The van der Waals surface area contributed by atoms with Gasteiger partial charge < -0.3 is 24.1 Å². The lowest BCUT2D eigenvalue weighted by molar-refractivity contribution is -0.113. The number of aromatic nitrogens is 3. The number of carbonyl (C=O) groups excluding carboxylic acids is 1. The Kier molecular flexibility index (Phi) is 7.99. The van der Waals surface area contributed by atoms with E-state index in [0.29, 0.717) is 28.2 Å². The van der Waals surface area contributed by atoms with Gasteiger partial charge in [-0.25, -0.2) is 0 Å². The van der Waals surface area contributed by atoms with Gasteiger partial charge in [-0.15, -0.1) is 10.2 Å². The second-order valence-electron chi connectivity index (χ2n) is 7.28. The topological polar surface area (TPSA) is 87.5 Å². The van der Waals surface area contributed by atoms with Gasteiger partial charge in [-0.2, -0.15) is 0 Å². The summed E-state index contributed by atoms with van der Waals surface area (Å²) in [7, 11) is 3.21. The molecule has 0 fully saturated rings. The van der Waals surface area contributed by atoms with Crippen LogP contribution in [0.1, 0.15) is 38.7 Å². The molecule has 1 unspecified atom stereocenters. The number of nitrogens with zero attached hydrogens (tertiary/aromatic N) is 3. The molecule has 1 amide bonds. The minimum absolute atomic E-state index is 0.0934. The van der Waals surface area contributed by atoms with Gasteiger partial charge in [-0.1, -0.05) is 23.9 Å². The Morgan fingerprint density at radius 2 is 1.69 bits per heavy atom. The average Bonchev–Trinajstić information content (AvgIpc) is 3.23. The number of hydrogen-bond donors (Lipinski definition) is 1. The lowest BCUT2D eigenvalue weighted by Crippen LogP contribution is -2.16. The molecule has 0 saturated heterocycles. The zero-order chi connectivity index (χ0) is 23.1. The lowest BCUT2D eigenvalue weighted by atomic mass is 10.3. The van der Waals surface area contributed by atoms with Crippen LogP contribution >= 0.6 is 11.8 Å². The zero-order valence-electron chi connectivity index (χ0n) is 18.9. The number of hydrogen-bond acceptors (Lipinski definition) is 7. The van der Waals surface area contributed by atoms with E-state index in [0.717, 1.165) is 5.75 Å². The number of methoxy groups -OCH3 is 2. The van der Waals surface area contributed by atoms with E-state index < -0.39 is 0 Å². The molecule has 0 bridgehead atoms. The summed E-state index contributed by atoms with van der Waals surface area (Å²) in [4.78, 5) is 12.4. The Balaban J connectivity index is 1.67. The third-order valence-corrected chi connectivity index (χ3v) is 5.59. The highest BCUT2D eigenvalue weighted by molar-refractivity contribution is 7.99. The summed E-state index contributed by atoms with van der Waals surface area (Å²) in [6, 6.07) is 14.8. The molecule has 0 radical (unpaired) electrons. The van der Waals surface area contributed by atoms with E-state index >= 15 is 0 Å². The number of para-hydroxylation sites is 2. The van der Waals surface area contributed by atoms with Crippen molar-refractivity contribution in [1.82, 2.24) is 14.8 Å². The maximum Gasteiger partial charge on any atom is 0.234 e. The van der Waals surface area contributed by atoms with Gasteiger partial charge in [0.1, 0.15) is 5.75 Å². The molecule has 0 aliphatic heterocycles. The maximum atomic E-state index is 12.4. The van der Waals surface area contributed by atoms with Crippen LogP contribution in [0.3, 0.4) is 0 Å². The molecule has 0 aliphatic rings. The first-order valence-corrected chi connectivity index (χ1v) is 11.2. The van der Waals surface area contributed by atoms with Crippen molar-refractivity contribution in [2.45, 2.75) is 38.1 Å². The normalized spacial score (nSPS) is 11.8. The van der Waals surface area contributed by atoms with Gasteiger partial charge in [0, 0.05) is 11.7 Å². The molecule has 1 atom stereocenters. The second-order valence-corrected chi connectivity index (χ2v) is 8.22. The number of carbonyl (C=O) groups is 1. The quantitative estimate of drug-likeness (QED) is 0.441. The molecular formula is C23H28N4O4S. The number of rotatable bonds is 10. The van der Waals surface area contributed by atoms with Crippen molar-refractivity contribution in [3.8, 4) is 17.2 Å². The van der Waals surface area contributed by atoms with Crippen molar-refractivity contribution in [3.05, 3.63) is 54.4 Å². The molecule has 1 N–H and O–H groups in total. The first-order chi connectivity index (χ1) is 15.4. The molecule has 0 spiro atoms. The van der Waals surface area contributed by atoms with Crippen molar-refractivity contribution >= 4 is 23.4 Å². The number of nitrogens with one attached hydrogen (secondary N) is 1. The molecule has 9 heteroatoms. The van der Waals surface area contributed by atoms with E-state index in [1.54, 1.807) is 38.5 Å². The molecule has 0 saturated carbocycles. The number of ether oxygens (including phenoxy) is 3. The van der Waals surface area contributed by atoms with Crippen LogP contribution in [0, 0.1) is 0 Å². The Bertz CT molecular complexity index is 1040. The van der Waals surface area contributed by atoms with E-state index in [2.05, 4.69) is 15.5 Å². The summed E-state index contributed by atoms with van der Waals surface area (Å²) in [5, 5.41) is 12.2. The van der Waals surface area contributed by atoms with Gasteiger partial charge in [0.2, 0.25) is 5.91 Å². The minimum Gasteiger partial charge on any atom is -0.497 e. The Morgan fingerprint density at radius 3 is 2.31 bits per heavy atom. The summed E-state index contributed by atoms with van der Waals surface area (Å²) in [5.41, 5.74) is 0.709. The zero-order valence-corrected chi connectivity index (χ0v) is 19.7. The monoisotopic (exact) mass is 456 g/mol. The molecule has 1 heterocycles. The maximum absolute atomic E-state index is 12.4. The largest absolute Gasteiger partial charge is 0.497 e. The first kappa shape index (κ1) is 23.5. The van der Waals surface area contributed by atoms with E-state index in [-0.39, 0.29) is 23.8 Å². The molecule has 170 valence electrons. The van der Waals surface area contributed by atoms with E-state index in [4.69, 9.17) is 14.2 Å². The fourth-order valence-corrected chi connectivity index (χ4v) is 3.98.